The molecule has 4 nitrogen and oxygen atoms in total. The summed E-state index contributed by atoms with van der Waals surface area (Å²) in [6.45, 7) is 3.81. The summed E-state index contributed by atoms with van der Waals surface area (Å²) in [7, 11) is 0. The second kappa shape index (κ2) is 4.33. The van der Waals surface area contributed by atoms with E-state index in [2.05, 4.69) is 4.98 Å². The molecule has 0 N–H and O–H groups in total. The van der Waals surface area contributed by atoms with E-state index < -0.39 is 5.97 Å². The van der Waals surface area contributed by atoms with Crippen LogP contribution in [0.25, 0.3) is 10.8 Å². The number of aromatic nitrogens is 1. The summed E-state index contributed by atoms with van der Waals surface area (Å²) >= 11 is 0. The Kier molecular flexibility index (Phi) is 2.87. The van der Waals surface area contributed by atoms with Crippen LogP contribution in [-0.4, -0.2) is 17.2 Å². The summed E-state index contributed by atoms with van der Waals surface area (Å²) in [6.07, 6.45) is 0.143. The topological polar surface area (TPSA) is 56.3 Å². The molecular formula is C13H11NO3. The van der Waals surface area contributed by atoms with Gasteiger partial charge in [-0.25, -0.2) is 4.79 Å². The maximum atomic E-state index is 10.9. The van der Waals surface area contributed by atoms with Gasteiger partial charge >= 0.3 is 5.97 Å². The number of aryl methyl sites for hydroxylation is 2. The van der Waals surface area contributed by atoms with Gasteiger partial charge in [0.15, 0.2) is 0 Å². The standard InChI is InChI=1S/C13H11NO3/c1-8-5-10-3-4-11(17-13(16)7-15)6-12(10)9(2)14-8/h3-7H,1-2H3. The largest absolute Gasteiger partial charge is 0.421 e. The molecule has 0 aliphatic rings. The van der Waals surface area contributed by atoms with Crippen molar-refractivity contribution >= 4 is 23.0 Å². The van der Waals surface area contributed by atoms with Crippen molar-refractivity contribution in [1.82, 2.24) is 4.98 Å². The van der Waals surface area contributed by atoms with Crippen molar-refractivity contribution in [3.05, 3.63) is 35.7 Å². The summed E-state index contributed by atoms with van der Waals surface area (Å²) in [5, 5.41) is 1.94. The van der Waals surface area contributed by atoms with Crippen molar-refractivity contribution in [3.8, 4) is 5.75 Å². The minimum Gasteiger partial charge on any atom is -0.421 e. The molecule has 0 spiro atoms. The number of hydrogen-bond acceptors (Lipinski definition) is 4. The molecule has 0 atom stereocenters. The SMILES string of the molecule is Cc1cc2ccc(OC(=O)C=O)cc2c(C)n1. The average Bonchev–Trinajstić information content (AvgIpc) is 2.29. The maximum absolute atomic E-state index is 10.9. The third-order valence-corrected chi connectivity index (χ3v) is 2.44. The smallest absolute Gasteiger partial charge is 0.376 e. The first-order chi connectivity index (χ1) is 8.10. The molecule has 0 amide bonds. The number of carbonyl (C=O) groups is 2. The molecule has 0 aliphatic carbocycles. The van der Waals surface area contributed by atoms with Crippen molar-refractivity contribution < 1.29 is 14.3 Å². The first kappa shape index (κ1) is 11.3. The lowest BCUT2D eigenvalue weighted by atomic mass is 10.1. The lowest BCUT2D eigenvalue weighted by Crippen LogP contribution is -2.08. The highest BCUT2D eigenvalue weighted by molar-refractivity contribution is 6.21. The number of nitrogens with zero attached hydrogens (tertiary/aromatic N) is 1. The van der Waals surface area contributed by atoms with Crippen molar-refractivity contribution in [2.24, 2.45) is 0 Å². The fourth-order valence-electron chi connectivity index (χ4n) is 1.76. The predicted molar refractivity (Wildman–Crippen MR) is 62.9 cm³/mol. The molecule has 0 unspecified atom stereocenters. The fraction of sp³-hybridized carbons (Fsp3) is 0.154. The van der Waals surface area contributed by atoms with Crippen molar-refractivity contribution in [2.75, 3.05) is 0 Å². The molecule has 0 fully saturated rings. The van der Waals surface area contributed by atoms with Crippen molar-refractivity contribution in [1.29, 1.82) is 0 Å². The number of esters is 1. The average molecular weight is 229 g/mol. The van der Waals surface area contributed by atoms with Gasteiger partial charge in [0.1, 0.15) is 5.75 Å². The molecule has 0 aliphatic heterocycles. The molecule has 17 heavy (non-hydrogen) atoms. The van der Waals surface area contributed by atoms with Gasteiger partial charge in [-0.3, -0.25) is 9.78 Å². The van der Waals surface area contributed by atoms with Gasteiger partial charge in [-0.15, -0.1) is 0 Å². The first-order valence-electron chi connectivity index (χ1n) is 5.15. The lowest BCUT2D eigenvalue weighted by Gasteiger charge is -2.06. The zero-order valence-electron chi connectivity index (χ0n) is 9.56. The van der Waals surface area contributed by atoms with Gasteiger partial charge in [0.05, 0.1) is 0 Å². The van der Waals surface area contributed by atoms with E-state index in [9.17, 15) is 9.59 Å². The molecule has 1 aromatic heterocycles. The molecule has 4 heteroatoms. The Morgan fingerprint density at radius 1 is 1.29 bits per heavy atom. The molecule has 0 bridgehead atoms. The minimum absolute atomic E-state index is 0.143. The Morgan fingerprint density at radius 3 is 2.76 bits per heavy atom. The Bertz CT molecular complexity index is 605. The van der Waals surface area contributed by atoms with Crippen LogP contribution in [0.5, 0.6) is 5.75 Å². The number of carbonyl (C=O) groups excluding carboxylic acids is 2. The highest BCUT2D eigenvalue weighted by atomic mass is 16.5. The Hall–Kier alpha value is -2.23. The Balaban J connectivity index is 2.50. The van der Waals surface area contributed by atoms with Gasteiger partial charge in [0.25, 0.3) is 0 Å². The van der Waals surface area contributed by atoms with Crippen LogP contribution < -0.4 is 4.74 Å². The van der Waals surface area contributed by atoms with E-state index in [1.807, 2.05) is 26.0 Å². The summed E-state index contributed by atoms with van der Waals surface area (Å²) < 4.78 is 4.82. The zero-order chi connectivity index (χ0) is 12.4. The Morgan fingerprint density at radius 2 is 2.06 bits per heavy atom. The molecule has 0 saturated carbocycles. The van der Waals surface area contributed by atoms with Gasteiger partial charge in [0.2, 0.25) is 6.29 Å². The van der Waals surface area contributed by atoms with E-state index in [1.54, 1.807) is 12.1 Å². The first-order valence-corrected chi connectivity index (χ1v) is 5.15. The second-order valence-electron chi connectivity index (χ2n) is 3.77. The van der Waals surface area contributed by atoms with Crippen LogP contribution in [0.1, 0.15) is 11.4 Å². The molecule has 1 aromatic carbocycles. The normalized spacial score (nSPS) is 10.2. The van der Waals surface area contributed by atoms with E-state index in [0.717, 1.165) is 22.2 Å². The van der Waals surface area contributed by atoms with E-state index in [1.165, 1.54) is 0 Å². The summed E-state index contributed by atoms with van der Waals surface area (Å²) in [6, 6.07) is 7.15. The third-order valence-electron chi connectivity index (χ3n) is 2.44. The zero-order valence-corrected chi connectivity index (χ0v) is 9.56. The molecule has 2 aromatic rings. The highest BCUT2D eigenvalue weighted by Crippen LogP contribution is 2.23. The van der Waals surface area contributed by atoms with Gasteiger partial charge in [0, 0.05) is 16.8 Å². The van der Waals surface area contributed by atoms with Gasteiger partial charge < -0.3 is 4.74 Å². The van der Waals surface area contributed by atoms with Gasteiger partial charge in [-0.05, 0) is 37.4 Å². The number of aldehydes is 1. The van der Waals surface area contributed by atoms with Crippen LogP contribution >= 0.6 is 0 Å². The highest BCUT2D eigenvalue weighted by Gasteiger charge is 2.05. The molecular weight excluding hydrogens is 218 g/mol. The van der Waals surface area contributed by atoms with E-state index >= 15 is 0 Å². The molecule has 0 radical (unpaired) electrons. The Labute approximate surface area is 98.2 Å². The van der Waals surface area contributed by atoms with E-state index in [0.29, 0.717) is 5.75 Å². The monoisotopic (exact) mass is 229 g/mol. The van der Waals surface area contributed by atoms with Crippen LogP contribution in [0, 0.1) is 13.8 Å². The molecule has 0 saturated heterocycles. The van der Waals surface area contributed by atoms with Gasteiger partial charge in [-0.1, -0.05) is 6.07 Å². The van der Waals surface area contributed by atoms with Crippen molar-refractivity contribution in [3.63, 3.8) is 0 Å². The molecule has 86 valence electrons. The summed E-state index contributed by atoms with van der Waals surface area (Å²) in [5.41, 5.74) is 1.80. The number of benzene rings is 1. The summed E-state index contributed by atoms with van der Waals surface area (Å²) in [4.78, 5) is 25.4. The number of ether oxygens (including phenoxy) is 1. The molecule has 1 heterocycles. The van der Waals surface area contributed by atoms with E-state index in [4.69, 9.17) is 4.74 Å². The molecule has 2 rings (SSSR count). The number of pyridine rings is 1. The quantitative estimate of drug-likeness (QED) is 0.342. The minimum atomic E-state index is -0.901. The number of hydrogen-bond donors (Lipinski definition) is 0. The predicted octanol–water partition coefficient (Wildman–Crippen LogP) is 1.96. The fourth-order valence-corrected chi connectivity index (χ4v) is 1.76. The van der Waals surface area contributed by atoms with E-state index in [-0.39, 0.29) is 6.29 Å². The lowest BCUT2D eigenvalue weighted by molar-refractivity contribution is -0.141. The van der Waals surface area contributed by atoms with Crippen LogP contribution in [0.3, 0.4) is 0 Å². The van der Waals surface area contributed by atoms with Crippen molar-refractivity contribution in [2.45, 2.75) is 13.8 Å². The van der Waals surface area contributed by atoms with Crippen LogP contribution in [-0.2, 0) is 9.59 Å². The van der Waals surface area contributed by atoms with Gasteiger partial charge in [-0.2, -0.15) is 0 Å². The number of rotatable bonds is 2. The number of fused-ring (bicyclic) bond motifs is 1. The third kappa shape index (κ3) is 2.30. The second-order valence-corrected chi connectivity index (χ2v) is 3.77. The van der Waals surface area contributed by atoms with Crippen LogP contribution in [0.2, 0.25) is 0 Å². The maximum Gasteiger partial charge on any atom is 0.376 e. The van der Waals surface area contributed by atoms with Crippen LogP contribution in [0.15, 0.2) is 24.3 Å². The van der Waals surface area contributed by atoms with Crippen LogP contribution in [0.4, 0.5) is 0 Å². The summed E-state index contributed by atoms with van der Waals surface area (Å²) in [5.74, 6) is -0.551.